The normalized spacial score (nSPS) is 16.1. The van der Waals surface area contributed by atoms with Gasteiger partial charge >= 0.3 is 0 Å². The first-order valence-electron chi connectivity index (χ1n) is 7.60. The van der Waals surface area contributed by atoms with Gasteiger partial charge in [0.2, 0.25) is 11.7 Å². The van der Waals surface area contributed by atoms with Gasteiger partial charge in [0.1, 0.15) is 0 Å². The van der Waals surface area contributed by atoms with Crippen LogP contribution in [0, 0.1) is 0 Å². The Morgan fingerprint density at radius 1 is 1.00 bits per heavy atom. The van der Waals surface area contributed by atoms with Crippen LogP contribution < -0.4 is 19.9 Å². The number of primary amides is 1. The fourth-order valence-electron chi connectivity index (χ4n) is 2.85. The van der Waals surface area contributed by atoms with E-state index in [0.717, 1.165) is 38.3 Å². The van der Waals surface area contributed by atoms with Crippen molar-refractivity contribution < 1.29 is 19.0 Å². The van der Waals surface area contributed by atoms with Gasteiger partial charge in [0.25, 0.3) is 0 Å². The minimum Gasteiger partial charge on any atom is -0.493 e. The largest absolute Gasteiger partial charge is 0.493 e. The van der Waals surface area contributed by atoms with Gasteiger partial charge in [-0.05, 0) is 6.07 Å². The summed E-state index contributed by atoms with van der Waals surface area (Å²) >= 11 is 0. The lowest BCUT2D eigenvalue weighted by Crippen LogP contribution is -2.48. The van der Waals surface area contributed by atoms with Crippen molar-refractivity contribution in [2.45, 2.75) is 6.54 Å². The molecular formula is C16H25N3O4. The van der Waals surface area contributed by atoms with Crippen molar-refractivity contribution >= 4 is 5.91 Å². The summed E-state index contributed by atoms with van der Waals surface area (Å²) in [4.78, 5) is 15.4. The Hall–Kier alpha value is -1.99. The highest BCUT2D eigenvalue weighted by Gasteiger charge is 2.21. The predicted molar refractivity (Wildman–Crippen MR) is 87.0 cm³/mol. The molecule has 0 radical (unpaired) electrons. The summed E-state index contributed by atoms with van der Waals surface area (Å²) in [6, 6.07) is 3.88. The zero-order chi connectivity index (χ0) is 16.8. The van der Waals surface area contributed by atoms with Crippen molar-refractivity contribution in [2.75, 3.05) is 54.1 Å². The molecule has 2 rings (SSSR count). The quantitative estimate of drug-likeness (QED) is 0.778. The molecule has 128 valence electrons. The maximum Gasteiger partial charge on any atom is 0.231 e. The number of nitrogens with two attached hydrogens (primary N) is 1. The highest BCUT2D eigenvalue weighted by molar-refractivity contribution is 5.75. The van der Waals surface area contributed by atoms with Crippen LogP contribution in [0.2, 0.25) is 0 Å². The zero-order valence-corrected chi connectivity index (χ0v) is 14.0. The second kappa shape index (κ2) is 8.03. The third kappa shape index (κ3) is 4.27. The lowest BCUT2D eigenvalue weighted by Gasteiger charge is -2.34. The number of methoxy groups -OCH3 is 3. The number of nitrogens with zero attached hydrogens (tertiary/aromatic N) is 2. The first-order valence-corrected chi connectivity index (χ1v) is 7.60. The molecule has 23 heavy (non-hydrogen) atoms. The van der Waals surface area contributed by atoms with Gasteiger partial charge in [0.05, 0.1) is 27.9 Å². The van der Waals surface area contributed by atoms with Crippen molar-refractivity contribution in [3.63, 3.8) is 0 Å². The SMILES string of the molecule is COc1ccc(CN2CCN(CC(N)=O)CC2)c(OC)c1OC. The van der Waals surface area contributed by atoms with E-state index in [4.69, 9.17) is 19.9 Å². The van der Waals surface area contributed by atoms with E-state index < -0.39 is 0 Å². The molecule has 1 amide bonds. The molecule has 1 aromatic carbocycles. The molecule has 0 aromatic heterocycles. The van der Waals surface area contributed by atoms with E-state index in [1.807, 2.05) is 12.1 Å². The molecule has 0 bridgehead atoms. The fraction of sp³-hybridized carbons (Fsp3) is 0.562. The Kier molecular flexibility index (Phi) is 6.06. The van der Waals surface area contributed by atoms with Crippen LogP contribution in [0.5, 0.6) is 17.2 Å². The van der Waals surface area contributed by atoms with E-state index in [2.05, 4.69) is 9.80 Å². The second-order valence-electron chi connectivity index (χ2n) is 5.51. The summed E-state index contributed by atoms with van der Waals surface area (Å²) < 4.78 is 16.2. The Morgan fingerprint density at radius 2 is 1.61 bits per heavy atom. The number of hydrogen-bond acceptors (Lipinski definition) is 6. The topological polar surface area (TPSA) is 77.3 Å². The smallest absolute Gasteiger partial charge is 0.231 e. The van der Waals surface area contributed by atoms with Crippen molar-refractivity contribution in [3.05, 3.63) is 17.7 Å². The van der Waals surface area contributed by atoms with E-state index in [-0.39, 0.29) is 5.91 Å². The summed E-state index contributed by atoms with van der Waals surface area (Å²) in [6.45, 7) is 4.51. The number of ether oxygens (including phenoxy) is 3. The van der Waals surface area contributed by atoms with Gasteiger partial charge in [-0.3, -0.25) is 14.6 Å². The van der Waals surface area contributed by atoms with Crippen LogP contribution in [0.15, 0.2) is 12.1 Å². The van der Waals surface area contributed by atoms with Gasteiger partial charge < -0.3 is 19.9 Å². The number of carbonyl (C=O) groups excluding carboxylic acids is 1. The number of rotatable bonds is 7. The molecule has 2 N–H and O–H groups in total. The first-order chi connectivity index (χ1) is 11.1. The number of piperazine rings is 1. The molecule has 1 aromatic rings. The molecule has 7 heteroatoms. The lowest BCUT2D eigenvalue weighted by molar-refractivity contribution is -0.119. The molecule has 1 aliphatic rings. The number of carbonyl (C=O) groups is 1. The van der Waals surface area contributed by atoms with E-state index in [1.165, 1.54) is 0 Å². The predicted octanol–water partition coefficient (Wildman–Crippen LogP) is 0.315. The molecule has 1 heterocycles. The molecule has 1 fully saturated rings. The molecule has 0 aliphatic carbocycles. The van der Waals surface area contributed by atoms with Crippen molar-refractivity contribution in [1.82, 2.24) is 9.80 Å². The zero-order valence-electron chi connectivity index (χ0n) is 14.0. The third-order valence-corrected chi connectivity index (χ3v) is 4.02. The third-order valence-electron chi connectivity index (χ3n) is 4.02. The Morgan fingerprint density at radius 3 is 2.13 bits per heavy atom. The Bertz CT molecular complexity index is 542. The molecule has 0 unspecified atom stereocenters. The maximum absolute atomic E-state index is 11.0. The van der Waals surface area contributed by atoms with Gasteiger partial charge in [0.15, 0.2) is 11.5 Å². The van der Waals surface area contributed by atoms with Crippen LogP contribution >= 0.6 is 0 Å². The van der Waals surface area contributed by atoms with E-state index in [1.54, 1.807) is 21.3 Å². The van der Waals surface area contributed by atoms with Crippen molar-refractivity contribution in [2.24, 2.45) is 5.73 Å². The highest BCUT2D eigenvalue weighted by atomic mass is 16.5. The fourth-order valence-corrected chi connectivity index (χ4v) is 2.85. The van der Waals surface area contributed by atoms with Crippen LogP contribution in [-0.2, 0) is 11.3 Å². The van der Waals surface area contributed by atoms with Crippen LogP contribution in [0.3, 0.4) is 0 Å². The maximum atomic E-state index is 11.0. The average Bonchev–Trinajstić information content (AvgIpc) is 2.55. The van der Waals surface area contributed by atoms with Crippen LogP contribution in [-0.4, -0.2) is 69.8 Å². The summed E-state index contributed by atoms with van der Waals surface area (Å²) in [5, 5.41) is 0. The highest BCUT2D eigenvalue weighted by Crippen LogP contribution is 2.40. The number of hydrogen-bond donors (Lipinski definition) is 1. The van der Waals surface area contributed by atoms with Crippen LogP contribution in [0.25, 0.3) is 0 Å². The monoisotopic (exact) mass is 323 g/mol. The van der Waals surface area contributed by atoms with Gasteiger partial charge in [-0.1, -0.05) is 6.07 Å². The van der Waals surface area contributed by atoms with E-state index in [0.29, 0.717) is 23.8 Å². The van der Waals surface area contributed by atoms with Gasteiger partial charge in [0, 0.05) is 38.3 Å². The summed E-state index contributed by atoms with van der Waals surface area (Å²) in [5.41, 5.74) is 6.29. The molecule has 1 aliphatic heterocycles. The van der Waals surface area contributed by atoms with Gasteiger partial charge in [-0.15, -0.1) is 0 Å². The molecule has 0 atom stereocenters. The standard InChI is InChI=1S/C16H25N3O4/c1-21-13-5-4-12(15(22-2)16(13)23-3)10-18-6-8-19(9-7-18)11-14(17)20/h4-5H,6-11H2,1-3H3,(H2,17,20). The Balaban J connectivity index is 2.05. The second-order valence-corrected chi connectivity index (χ2v) is 5.51. The van der Waals surface area contributed by atoms with Crippen molar-refractivity contribution in [3.8, 4) is 17.2 Å². The number of benzene rings is 1. The molecule has 0 spiro atoms. The average molecular weight is 323 g/mol. The minimum absolute atomic E-state index is 0.278. The van der Waals surface area contributed by atoms with Gasteiger partial charge in [-0.2, -0.15) is 0 Å². The summed E-state index contributed by atoms with van der Waals surface area (Å²) in [5.74, 6) is 1.69. The minimum atomic E-state index is -0.278. The summed E-state index contributed by atoms with van der Waals surface area (Å²) in [6.07, 6.45) is 0. The molecule has 7 nitrogen and oxygen atoms in total. The van der Waals surface area contributed by atoms with E-state index in [9.17, 15) is 4.79 Å². The molecular weight excluding hydrogens is 298 g/mol. The number of amides is 1. The Labute approximate surface area is 136 Å². The first kappa shape index (κ1) is 17.4. The molecule has 0 saturated carbocycles. The van der Waals surface area contributed by atoms with E-state index >= 15 is 0 Å². The van der Waals surface area contributed by atoms with Gasteiger partial charge in [-0.25, -0.2) is 0 Å². The van der Waals surface area contributed by atoms with Crippen molar-refractivity contribution in [1.29, 1.82) is 0 Å². The lowest BCUT2D eigenvalue weighted by atomic mass is 10.1. The van der Waals surface area contributed by atoms with Crippen LogP contribution in [0.4, 0.5) is 0 Å². The molecule has 1 saturated heterocycles. The summed E-state index contributed by atoms with van der Waals surface area (Å²) in [7, 11) is 4.84. The van der Waals surface area contributed by atoms with Crippen LogP contribution in [0.1, 0.15) is 5.56 Å².